The molecule has 0 spiro atoms. The van der Waals surface area contributed by atoms with Gasteiger partial charge in [-0.3, -0.25) is 13.9 Å². The number of nitrogens with zero attached hydrogens (tertiary/aromatic N) is 6. The summed E-state index contributed by atoms with van der Waals surface area (Å²) < 4.78 is 4.60. The van der Waals surface area contributed by atoms with E-state index >= 15 is 0 Å². The highest BCUT2D eigenvalue weighted by Gasteiger charge is 2.17. The standard InChI is InChI=1S/C16H14BrN7O3/c1-22-11-12(23(2)16(27)24(3)14(11)26)19-15(22)21-20-10-8-5-4-7(17)6-9(8)18-13(10)25/h4-6,18,25H,1-3H3. The summed E-state index contributed by atoms with van der Waals surface area (Å²) in [6.45, 7) is 0. The van der Waals surface area contributed by atoms with E-state index in [0.29, 0.717) is 10.9 Å². The number of aromatic amines is 1. The zero-order valence-electron chi connectivity index (χ0n) is 14.6. The molecule has 138 valence electrons. The van der Waals surface area contributed by atoms with Gasteiger partial charge >= 0.3 is 5.69 Å². The van der Waals surface area contributed by atoms with Crippen LogP contribution in [0.2, 0.25) is 0 Å². The van der Waals surface area contributed by atoms with Crippen molar-refractivity contribution in [3.63, 3.8) is 0 Å². The first-order valence-corrected chi connectivity index (χ1v) is 8.63. The van der Waals surface area contributed by atoms with Crippen LogP contribution in [0.15, 0.2) is 42.5 Å². The molecule has 0 aliphatic heterocycles. The molecular weight excluding hydrogens is 418 g/mol. The summed E-state index contributed by atoms with van der Waals surface area (Å²) in [6.07, 6.45) is 0. The molecule has 3 heterocycles. The first-order valence-electron chi connectivity index (χ1n) is 7.84. The Morgan fingerprint density at radius 3 is 2.59 bits per heavy atom. The van der Waals surface area contributed by atoms with Crippen molar-refractivity contribution in [2.24, 2.45) is 31.4 Å². The van der Waals surface area contributed by atoms with Gasteiger partial charge in [0.2, 0.25) is 5.88 Å². The van der Waals surface area contributed by atoms with Crippen molar-refractivity contribution in [3.05, 3.63) is 43.5 Å². The largest absolute Gasteiger partial charge is 0.493 e. The van der Waals surface area contributed by atoms with Crippen molar-refractivity contribution in [2.75, 3.05) is 0 Å². The molecule has 0 radical (unpaired) electrons. The van der Waals surface area contributed by atoms with Gasteiger partial charge < -0.3 is 14.7 Å². The topological polar surface area (TPSA) is 123 Å². The third kappa shape index (κ3) is 2.50. The monoisotopic (exact) mass is 431 g/mol. The number of hydrogen-bond donors (Lipinski definition) is 2. The second kappa shape index (κ2) is 5.91. The third-order valence-corrected chi connectivity index (χ3v) is 4.90. The summed E-state index contributed by atoms with van der Waals surface area (Å²) in [5, 5.41) is 19.0. The molecular formula is C16H14BrN7O3. The van der Waals surface area contributed by atoms with Crippen LogP contribution in [-0.2, 0) is 21.1 Å². The number of fused-ring (bicyclic) bond motifs is 2. The van der Waals surface area contributed by atoms with Gasteiger partial charge in [0.25, 0.3) is 11.5 Å². The first kappa shape index (κ1) is 17.2. The number of halogens is 1. The summed E-state index contributed by atoms with van der Waals surface area (Å²) in [7, 11) is 4.55. The lowest BCUT2D eigenvalue weighted by molar-refractivity contribution is 0.459. The maximum absolute atomic E-state index is 12.4. The minimum absolute atomic E-state index is 0.131. The molecule has 0 fully saturated rings. The van der Waals surface area contributed by atoms with E-state index in [1.165, 1.54) is 23.2 Å². The van der Waals surface area contributed by atoms with Gasteiger partial charge in [-0.1, -0.05) is 15.9 Å². The van der Waals surface area contributed by atoms with E-state index in [4.69, 9.17) is 0 Å². The number of rotatable bonds is 2. The summed E-state index contributed by atoms with van der Waals surface area (Å²) in [6, 6.07) is 5.42. The van der Waals surface area contributed by atoms with Crippen LogP contribution in [0.4, 0.5) is 11.6 Å². The van der Waals surface area contributed by atoms with Gasteiger partial charge in [-0.15, -0.1) is 10.2 Å². The molecule has 2 N–H and O–H groups in total. The van der Waals surface area contributed by atoms with E-state index in [9.17, 15) is 14.7 Å². The molecule has 4 rings (SSSR count). The van der Waals surface area contributed by atoms with E-state index in [1.54, 1.807) is 13.1 Å². The van der Waals surface area contributed by atoms with E-state index < -0.39 is 11.2 Å². The smallest absolute Gasteiger partial charge is 0.332 e. The fourth-order valence-corrected chi connectivity index (χ4v) is 3.29. The molecule has 0 bridgehead atoms. The number of aromatic nitrogens is 5. The van der Waals surface area contributed by atoms with Crippen LogP contribution in [0.5, 0.6) is 5.88 Å². The van der Waals surface area contributed by atoms with Gasteiger partial charge in [-0.2, -0.15) is 4.98 Å². The first-order chi connectivity index (χ1) is 12.8. The lowest BCUT2D eigenvalue weighted by Gasteiger charge is -2.02. The maximum Gasteiger partial charge on any atom is 0.332 e. The average Bonchev–Trinajstić information content (AvgIpc) is 3.12. The molecule has 0 aliphatic carbocycles. The predicted molar refractivity (Wildman–Crippen MR) is 103 cm³/mol. The molecule has 0 saturated heterocycles. The molecule has 27 heavy (non-hydrogen) atoms. The SMILES string of the molecule is Cn1c(=O)c2c(nc(N=Nc3c(O)[nH]c4cc(Br)ccc34)n2C)n(C)c1=O. The lowest BCUT2D eigenvalue weighted by atomic mass is 10.2. The van der Waals surface area contributed by atoms with Gasteiger partial charge in [-0.05, 0) is 18.2 Å². The second-order valence-electron chi connectivity index (χ2n) is 6.06. The Hall–Kier alpha value is -3.21. The van der Waals surface area contributed by atoms with Crippen molar-refractivity contribution in [3.8, 4) is 5.88 Å². The van der Waals surface area contributed by atoms with Crippen LogP contribution in [0, 0.1) is 0 Å². The van der Waals surface area contributed by atoms with Gasteiger partial charge in [0, 0.05) is 31.0 Å². The number of aromatic hydroxyl groups is 1. The molecule has 0 atom stereocenters. The molecule has 3 aromatic heterocycles. The van der Waals surface area contributed by atoms with Crippen molar-refractivity contribution in [2.45, 2.75) is 0 Å². The van der Waals surface area contributed by atoms with E-state index in [-0.39, 0.29) is 28.7 Å². The summed E-state index contributed by atoms with van der Waals surface area (Å²) in [5.41, 5.74) is 0.453. The molecule has 0 aliphatic rings. The average molecular weight is 432 g/mol. The molecule has 0 unspecified atom stereocenters. The Bertz CT molecular complexity index is 1370. The Kier molecular flexibility index (Phi) is 3.77. The van der Waals surface area contributed by atoms with Crippen LogP contribution >= 0.6 is 15.9 Å². The summed E-state index contributed by atoms with van der Waals surface area (Å²) in [5.74, 6) is 0.00286. The van der Waals surface area contributed by atoms with Crippen molar-refractivity contribution in [1.29, 1.82) is 0 Å². The number of hydrogen-bond acceptors (Lipinski definition) is 6. The van der Waals surface area contributed by atoms with Gasteiger partial charge in [-0.25, -0.2) is 4.79 Å². The van der Waals surface area contributed by atoms with Crippen LogP contribution in [0.25, 0.3) is 22.1 Å². The Morgan fingerprint density at radius 2 is 1.85 bits per heavy atom. The van der Waals surface area contributed by atoms with Crippen LogP contribution in [0.1, 0.15) is 0 Å². The number of aryl methyl sites for hydroxylation is 2. The van der Waals surface area contributed by atoms with Crippen LogP contribution < -0.4 is 11.2 Å². The van der Waals surface area contributed by atoms with Crippen molar-refractivity contribution < 1.29 is 5.11 Å². The number of benzene rings is 1. The molecule has 11 heteroatoms. The van der Waals surface area contributed by atoms with Crippen molar-refractivity contribution >= 4 is 49.6 Å². The normalized spacial score (nSPS) is 12.0. The molecule has 1 aromatic carbocycles. The molecule has 0 amide bonds. The highest BCUT2D eigenvalue weighted by atomic mass is 79.9. The van der Waals surface area contributed by atoms with Gasteiger partial charge in [0.05, 0.1) is 5.52 Å². The number of H-pyrrole nitrogens is 1. The van der Waals surface area contributed by atoms with Crippen LogP contribution in [-0.4, -0.2) is 28.8 Å². The van der Waals surface area contributed by atoms with Gasteiger partial charge in [0.15, 0.2) is 16.9 Å². The quantitative estimate of drug-likeness (QED) is 0.472. The molecule has 0 saturated carbocycles. The van der Waals surface area contributed by atoms with E-state index in [0.717, 1.165) is 9.04 Å². The van der Waals surface area contributed by atoms with E-state index in [2.05, 4.69) is 36.1 Å². The minimum atomic E-state index is -0.478. The minimum Gasteiger partial charge on any atom is -0.493 e. The molecule has 4 aromatic rings. The fraction of sp³-hybridized carbons (Fsp3) is 0.188. The number of nitrogens with one attached hydrogen (secondary N) is 1. The van der Waals surface area contributed by atoms with Crippen molar-refractivity contribution in [1.82, 2.24) is 23.7 Å². The third-order valence-electron chi connectivity index (χ3n) is 4.41. The van der Waals surface area contributed by atoms with Gasteiger partial charge in [0.1, 0.15) is 0 Å². The number of imidazole rings is 1. The van der Waals surface area contributed by atoms with E-state index in [1.807, 2.05) is 12.1 Å². The Labute approximate surface area is 159 Å². The zero-order valence-corrected chi connectivity index (χ0v) is 16.1. The molecule has 10 nitrogen and oxygen atoms in total. The zero-order chi connectivity index (χ0) is 19.5. The number of azo groups is 1. The Balaban J connectivity index is 1.90. The van der Waals surface area contributed by atoms with Crippen LogP contribution in [0.3, 0.4) is 0 Å². The summed E-state index contributed by atoms with van der Waals surface area (Å²) in [4.78, 5) is 31.5. The Morgan fingerprint density at radius 1 is 1.11 bits per heavy atom. The second-order valence-corrected chi connectivity index (χ2v) is 6.98. The highest BCUT2D eigenvalue weighted by molar-refractivity contribution is 9.10. The maximum atomic E-state index is 12.4. The fourth-order valence-electron chi connectivity index (χ4n) is 2.93. The highest BCUT2D eigenvalue weighted by Crippen LogP contribution is 2.37. The predicted octanol–water partition coefficient (Wildman–Crippen LogP) is 2.34. The lowest BCUT2D eigenvalue weighted by Crippen LogP contribution is -2.37. The summed E-state index contributed by atoms with van der Waals surface area (Å²) >= 11 is 3.37.